The predicted molar refractivity (Wildman–Crippen MR) is 98.9 cm³/mol. The lowest BCUT2D eigenvalue weighted by molar-refractivity contribution is -0.147. The number of hydrogen-bond acceptors (Lipinski definition) is 5. The first-order chi connectivity index (χ1) is 12.5. The fourth-order valence-electron chi connectivity index (χ4n) is 2.23. The van der Waals surface area contributed by atoms with Crippen molar-refractivity contribution < 1.29 is 23.8 Å². The number of methoxy groups -OCH3 is 2. The molecule has 0 saturated carbocycles. The van der Waals surface area contributed by atoms with Gasteiger partial charge in [0.15, 0.2) is 18.1 Å². The van der Waals surface area contributed by atoms with Crippen molar-refractivity contribution in [2.24, 2.45) is 0 Å². The van der Waals surface area contributed by atoms with E-state index in [-0.39, 0.29) is 13.0 Å². The van der Waals surface area contributed by atoms with E-state index in [1.165, 1.54) is 0 Å². The van der Waals surface area contributed by atoms with Gasteiger partial charge in [-0.3, -0.25) is 9.59 Å². The first kappa shape index (κ1) is 19.6. The summed E-state index contributed by atoms with van der Waals surface area (Å²) < 4.78 is 15.4. The molecule has 2 aromatic carbocycles. The van der Waals surface area contributed by atoms with E-state index >= 15 is 0 Å². The zero-order chi connectivity index (χ0) is 18.9. The summed E-state index contributed by atoms with van der Waals surface area (Å²) in [6.07, 6.45) is 0.627. The summed E-state index contributed by atoms with van der Waals surface area (Å²) in [5.74, 6) is 0.358. The molecule has 0 spiro atoms. The van der Waals surface area contributed by atoms with E-state index in [0.29, 0.717) is 28.6 Å². The Balaban J connectivity index is 1.76. The average Bonchev–Trinajstić information content (AvgIpc) is 2.66. The SMILES string of the molecule is COc1ccc(CCC(=O)OCC(=O)Nc2ccc(Cl)cc2)cc1OC. The van der Waals surface area contributed by atoms with Crippen LogP contribution in [-0.4, -0.2) is 32.7 Å². The van der Waals surface area contributed by atoms with Crippen molar-refractivity contribution >= 4 is 29.2 Å². The molecule has 0 aliphatic heterocycles. The van der Waals surface area contributed by atoms with Gasteiger partial charge in [-0.15, -0.1) is 0 Å². The normalized spacial score (nSPS) is 10.1. The molecule has 0 aliphatic carbocycles. The van der Waals surface area contributed by atoms with Gasteiger partial charge in [-0.2, -0.15) is 0 Å². The summed E-state index contributed by atoms with van der Waals surface area (Å²) in [7, 11) is 3.11. The molecule has 7 heteroatoms. The first-order valence-electron chi connectivity index (χ1n) is 7.93. The summed E-state index contributed by atoms with van der Waals surface area (Å²) in [4.78, 5) is 23.6. The molecule has 0 saturated heterocycles. The smallest absolute Gasteiger partial charge is 0.306 e. The Hall–Kier alpha value is -2.73. The molecule has 138 valence electrons. The number of amides is 1. The van der Waals surface area contributed by atoms with Crippen molar-refractivity contribution in [3.63, 3.8) is 0 Å². The van der Waals surface area contributed by atoms with Gasteiger partial charge in [-0.25, -0.2) is 0 Å². The topological polar surface area (TPSA) is 73.9 Å². The van der Waals surface area contributed by atoms with Crippen LogP contribution < -0.4 is 14.8 Å². The lowest BCUT2D eigenvalue weighted by Crippen LogP contribution is -2.21. The lowest BCUT2D eigenvalue weighted by atomic mass is 10.1. The third-order valence-corrected chi connectivity index (χ3v) is 3.81. The Morgan fingerprint density at radius 1 is 1.00 bits per heavy atom. The monoisotopic (exact) mass is 377 g/mol. The fourth-order valence-corrected chi connectivity index (χ4v) is 2.36. The second-order valence-electron chi connectivity index (χ2n) is 5.41. The molecule has 1 N–H and O–H groups in total. The van der Waals surface area contributed by atoms with Gasteiger partial charge in [-0.05, 0) is 48.4 Å². The molecular formula is C19H20ClNO5. The zero-order valence-electron chi connectivity index (χ0n) is 14.6. The van der Waals surface area contributed by atoms with Crippen LogP contribution >= 0.6 is 11.6 Å². The number of esters is 1. The molecule has 0 bridgehead atoms. The number of rotatable bonds is 8. The van der Waals surface area contributed by atoms with E-state index in [0.717, 1.165) is 5.56 Å². The van der Waals surface area contributed by atoms with E-state index in [4.69, 9.17) is 25.8 Å². The molecule has 0 atom stereocenters. The molecule has 0 heterocycles. The van der Waals surface area contributed by atoms with Crippen molar-refractivity contribution in [2.45, 2.75) is 12.8 Å². The van der Waals surface area contributed by atoms with Gasteiger partial charge >= 0.3 is 5.97 Å². The number of benzene rings is 2. The molecule has 0 fully saturated rings. The molecular weight excluding hydrogens is 358 g/mol. The summed E-state index contributed by atoms with van der Waals surface area (Å²) >= 11 is 5.78. The van der Waals surface area contributed by atoms with Crippen molar-refractivity contribution in [1.82, 2.24) is 0 Å². The average molecular weight is 378 g/mol. The van der Waals surface area contributed by atoms with E-state index in [2.05, 4.69) is 5.32 Å². The van der Waals surface area contributed by atoms with Crippen LogP contribution in [0.2, 0.25) is 5.02 Å². The maximum atomic E-state index is 11.8. The third kappa shape index (κ3) is 5.97. The number of nitrogens with one attached hydrogen (secondary N) is 1. The summed E-state index contributed by atoms with van der Waals surface area (Å²) in [6.45, 7) is -0.340. The lowest BCUT2D eigenvalue weighted by Gasteiger charge is -2.10. The van der Waals surface area contributed by atoms with Crippen molar-refractivity contribution in [2.75, 3.05) is 26.1 Å². The maximum absolute atomic E-state index is 11.8. The minimum atomic E-state index is -0.453. The number of halogens is 1. The van der Waals surface area contributed by atoms with E-state index in [9.17, 15) is 9.59 Å². The number of carbonyl (C=O) groups is 2. The van der Waals surface area contributed by atoms with Crippen molar-refractivity contribution in [3.8, 4) is 11.5 Å². The van der Waals surface area contributed by atoms with Crippen molar-refractivity contribution in [1.29, 1.82) is 0 Å². The van der Waals surface area contributed by atoms with Crippen LogP contribution in [0.5, 0.6) is 11.5 Å². The van der Waals surface area contributed by atoms with Crippen LogP contribution in [0.1, 0.15) is 12.0 Å². The Kier molecular flexibility index (Phi) is 7.29. The van der Waals surface area contributed by atoms with Crippen LogP contribution in [0.25, 0.3) is 0 Å². The maximum Gasteiger partial charge on any atom is 0.306 e. The number of ether oxygens (including phenoxy) is 3. The van der Waals surface area contributed by atoms with Crippen LogP contribution in [0.15, 0.2) is 42.5 Å². The van der Waals surface area contributed by atoms with Gasteiger partial charge in [0.05, 0.1) is 14.2 Å². The number of aryl methyl sites for hydroxylation is 1. The quantitative estimate of drug-likeness (QED) is 0.713. The molecule has 26 heavy (non-hydrogen) atoms. The van der Waals surface area contributed by atoms with Gasteiger partial charge in [0, 0.05) is 17.1 Å². The summed E-state index contributed by atoms with van der Waals surface area (Å²) in [5.41, 5.74) is 1.49. The van der Waals surface area contributed by atoms with Crippen LogP contribution in [0.4, 0.5) is 5.69 Å². The molecule has 0 aliphatic rings. The highest BCUT2D eigenvalue weighted by molar-refractivity contribution is 6.30. The highest BCUT2D eigenvalue weighted by atomic mass is 35.5. The predicted octanol–water partition coefficient (Wildman–Crippen LogP) is 3.47. The summed E-state index contributed by atoms with van der Waals surface area (Å²) in [5, 5.41) is 3.19. The van der Waals surface area contributed by atoms with Crippen LogP contribution in [0, 0.1) is 0 Å². The van der Waals surface area contributed by atoms with Crippen molar-refractivity contribution in [3.05, 3.63) is 53.1 Å². The fraction of sp³-hybridized carbons (Fsp3) is 0.263. The number of hydrogen-bond donors (Lipinski definition) is 1. The molecule has 0 radical (unpaired) electrons. The molecule has 0 unspecified atom stereocenters. The highest BCUT2D eigenvalue weighted by Gasteiger charge is 2.10. The standard InChI is InChI=1S/C19H20ClNO5/c1-24-16-9-3-13(11-17(16)25-2)4-10-19(23)26-12-18(22)21-15-7-5-14(20)6-8-15/h3,5-9,11H,4,10,12H2,1-2H3,(H,21,22). The summed E-state index contributed by atoms with van der Waals surface area (Å²) in [6, 6.07) is 12.1. The van der Waals surface area contributed by atoms with E-state index < -0.39 is 11.9 Å². The van der Waals surface area contributed by atoms with Crippen LogP contribution in [0.3, 0.4) is 0 Å². The van der Waals surface area contributed by atoms with Gasteiger partial charge in [-0.1, -0.05) is 17.7 Å². The number of anilines is 1. The van der Waals surface area contributed by atoms with Gasteiger partial charge < -0.3 is 19.5 Å². The first-order valence-corrected chi connectivity index (χ1v) is 8.31. The second-order valence-corrected chi connectivity index (χ2v) is 5.84. The second kappa shape index (κ2) is 9.68. The Labute approximate surface area is 157 Å². The Morgan fingerprint density at radius 2 is 1.69 bits per heavy atom. The molecule has 6 nitrogen and oxygen atoms in total. The number of carbonyl (C=O) groups excluding carboxylic acids is 2. The van der Waals surface area contributed by atoms with Crippen LogP contribution in [-0.2, 0) is 20.7 Å². The highest BCUT2D eigenvalue weighted by Crippen LogP contribution is 2.28. The Morgan fingerprint density at radius 3 is 2.35 bits per heavy atom. The Bertz CT molecular complexity index is 761. The van der Waals surface area contributed by atoms with E-state index in [1.807, 2.05) is 6.07 Å². The zero-order valence-corrected chi connectivity index (χ0v) is 15.3. The minimum absolute atomic E-state index is 0.156. The molecule has 1 amide bonds. The largest absolute Gasteiger partial charge is 0.493 e. The van der Waals surface area contributed by atoms with Gasteiger partial charge in [0.1, 0.15) is 0 Å². The molecule has 2 aromatic rings. The molecule has 2 rings (SSSR count). The van der Waals surface area contributed by atoms with E-state index in [1.54, 1.807) is 50.6 Å². The minimum Gasteiger partial charge on any atom is -0.493 e. The third-order valence-electron chi connectivity index (χ3n) is 3.56. The van der Waals surface area contributed by atoms with Gasteiger partial charge in [0.25, 0.3) is 5.91 Å². The van der Waals surface area contributed by atoms with Gasteiger partial charge in [0.2, 0.25) is 0 Å². The molecule has 0 aromatic heterocycles.